The number of primary sulfonamides is 1. The zero-order chi connectivity index (χ0) is 14.8. The number of amides is 1. The predicted molar refractivity (Wildman–Crippen MR) is 82.2 cm³/mol. The minimum Gasteiger partial charge on any atom is -0.326 e. The van der Waals surface area contributed by atoms with E-state index in [1.165, 1.54) is 35.6 Å². The van der Waals surface area contributed by atoms with Crippen LogP contribution >= 0.6 is 27.3 Å². The second-order valence-electron chi connectivity index (χ2n) is 4.00. The molecular weight excluding hydrogens is 364 g/mol. The molecule has 2 aromatic rings. The van der Waals surface area contributed by atoms with Crippen molar-refractivity contribution in [3.05, 3.63) is 45.1 Å². The number of halogens is 1. The van der Waals surface area contributed by atoms with Crippen molar-refractivity contribution in [1.82, 2.24) is 0 Å². The molecule has 0 bridgehead atoms. The highest BCUT2D eigenvalue weighted by atomic mass is 79.9. The molecule has 0 saturated carbocycles. The van der Waals surface area contributed by atoms with Crippen molar-refractivity contribution in [2.75, 3.05) is 5.32 Å². The van der Waals surface area contributed by atoms with Gasteiger partial charge in [-0.15, -0.1) is 11.3 Å². The van der Waals surface area contributed by atoms with E-state index in [9.17, 15) is 13.2 Å². The Labute approximate surface area is 129 Å². The number of rotatable bonds is 4. The molecule has 5 nitrogen and oxygen atoms in total. The van der Waals surface area contributed by atoms with Crippen molar-refractivity contribution in [3.63, 3.8) is 0 Å². The average molecular weight is 375 g/mol. The van der Waals surface area contributed by atoms with Crippen LogP contribution in [0.4, 0.5) is 5.69 Å². The lowest BCUT2D eigenvalue weighted by molar-refractivity contribution is -0.115. The zero-order valence-corrected chi connectivity index (χ0v) is 13.4. The van der Waals surface area contributed by atoms with Gasteiger partial charge in [-0.05, 0) is 52.3 Å². The lowest BCUT2D eigenvalue weighted by atomic mass is 10.3. The standard InChI is InChI=1S/C12H11BrN2O3S2/c13-11-6-3-9(19-11)7-12(16)15-8-1-4-10(5-2-8)20(14,17)18/h1-6H,7H2,(H,15,16)(H2,14,17,18). The normalized spacial score (nSPS) is 11.3. The van der Waals surface area contributed by atoms with Crippen LogP contribution in [0.1, 0.15) is 4.88 Å². The third-order valence-electron chi connectivity index (χ3n) is 2.43. The van der Waals surface area contributed by atoms with E-state index in [4.69, 9.17) is 5.14 Å². The first-order valence-corrected chi connectivity index (χ1v) is 8.67. The predicted octanol–water partition coefficient (Wildman–Crippen LogP) is 2.34. The number of anilines is 1. The molecule has 0 unspecified atom stereocenters. The molecule has 1 heterocycles. The molecule has 0 spiro atoms. The van der Waals surface area contributed by atoms with Crippen LogP contribution in [0.3, 0.4) is 0 Å². The summed E-state index contributed by atoms with van der Waals surface area (Å²) in [4.78, 5) is 12.8. The summed E-state index contributed by atoms with van der Waals surface area (Å²) in [7, 11) is -3.71. The van der Waals surface area contributed by atoms with Gasteiger partial charge in [-0.2, -0.15) is 0 Å². The molecular formula is C12H11BrN2O3S2. The van der Waals surface area contributed by atoms with Crippen LogP contribution in [0, 0.1) is 0 Å². The first-order valence-electron chi connectivity index (χ1n) is 5.51. The van der Waals surface area contributed by atoms with Crippen molar-refractivity contribution in [2.24, 2.45) is 5.14 Å². The van der Waals surface area contributed by atoms with Gasteiger partial charge in [-0.25, -0.2) is 13.6 Å². The molecule has 0 aliphatic rings. The summed E-state index contributed by atoms with van der Waals surface area (Å²) >= 11 is 4.83. The number of thiophene rings is 1. The summed E-state index contributed by atoms with van der Waals surface area (Å²) in [6.07, 6.45) is 0.271. The molecule has 1 aromatic heterocycles. The van der Waals surface area contributed by atoms with Crippen molar-refractivity contribution in [2.45, 2.75) is 11.3 Å². The number of nitrogens with two attached hydrogens (primary N) is 1. The fourth-order valence-electron chi connectivity index (χ4n) is 1.54. The van der Waals surface area contributed by atoms with Crippen molar-refractivity contribution >= 4 is 48.9 Å². The summed E-state index contributed by atoms with van der Waals surface area (Å²) in [5, 5.41) is 7.69. The molecule has 0 saturated heterocycles. The lowest BCUT2D eigenvalue weighted by Crippen LogP contribution is -2.14. The first kappa shape index (κ1) is 15.2. The van der Waals surface area contributed by atoms with E-state index in [0.717, 1.165) is 8.66 Å². The van der Waals surface area contributed by atoms with Crippen LogP contribution in [0.2, 0.25) is 0 Å². The molecule has 0 aliphatic carbocycles. The molecule has 0 radical (unpaired) electrons. The Morgan fingerprint density at radius 1 is 1.20 bits per heavy atom. The second kappa shape index (κ2) is 6.04. The summed E-state index contributed by atoms with van der Waals surface area (Å²) in [6.45, 7) is 0. The van der Waals surface area contributed by atoms with Gasteiger partial charge in [0.05, 0.1) is 15.1 Å². The average Bonchev–Trinajstić information content (AvgIpc) is 2.74. The number of benzene rings is 1. The summed E-state index contributed by atoms with van der Waals surface area (Å²) in [6, 6.07) is 9.47. The van der Waals surface area contributed by atoms with Crippen LogP contribution < -0.4 is 10.5 Å². The van der Waals surface area contributed by atoms with E-state index in [1.54, 1.807) is 0 Å². The van der Waals surface area contributed by atoms with Crippen molar-refractivity contribution < 1.29 is 13.2 Å². The number of sulfonamides is 1. The maximum absolute atomic E-state index is 11.8. The van der Waals surface area contributed by atoms with Crippen LogP contribution in [0.25, 0.3) is 0 Å². The number of hydrogen-bond donors (Lipinski definition) is 2. The highest BCUT2D eigenvalue weighted by Gasteiger charge is 2.09. The monoisotopic (exact) mass is 374 g/mol. The van der Waals surface area contributed by atoms with Gasteiger partial charge in [0.25, 0.3) is 0 Å². The maximum atomic E-state index is 11.8. The van der Waals surface area contributed by atoms with Crippen LogP contribution in [0.15, 0.2) is 45.1 Å². The van der Waals surface area contributed by atoms with Gasteiger partial charge in [-0.3, -0.25) is 4.79 Å². The number of carbonyl (C=O) groups excluding carboxylic acids is 1. The minimum atomic E-state index is -3.71. The third kappa shape index (κ3) is 4.14. The van der Waals surface area contributed by atoms with Gasteiger partial charge in [0.15, 0.2) is 0 Å². The maximum Gasteiger partial charge on any atom is 0.238 e. The van der Waals surface area contributed by atoms with Crippen LogP contribution in [-0.4, -0.2) is 14.3 Å². The largest absolute Gasteiger partial charge is 0.326 e. The van der Waals surface area contributed by atoms with Crippen molar-refractivity contribution in [3.8, 4) is 0 Å². The Balaban J connectivity index is 2.01. The van der Waals surface area contributed by atoms with E-state index in [2.05, 4.69) is 21.2 Å². The van der Waals surface area contributed by atoms with Gasteiger partial charge < -0.3 is 5.32 Å². The smallest absolute Gasteiger partial charge is 0.238 e. The molecule has 1 amide bonds. The third-order valence-corrected chi connectivity index (χ3v) is 4.98. The molecule has 0 atom stereocenters. The first-order chi connectivity index (χ1) is 9.34. The number of nitrogens with one attached hydrogen (secondary N) is 1. The van der Waals surface area contributed by atoms with Gasteiger partial charge in [0, 0.05) is 10.6 Å². The van der Waals surface area contributed by atoms with E-state index in [-0.39, 0.29) is 17.2 Å². The molecule has 3 N–H and O–H groups in total. The van der Waals surface area contributed by atoms with Gasteiger partial charge in [-0.1, -0.05) is 0 Å². The second-order valence-corrected chi connectivity index (χ2v) is 8.11. The Kier molecular flexibility index (Phi) is 4.59. The Bertz CT molecular complexity index is 723. The topological polar surface area (TPSA) is 89.3 Å². The number of hydrogen-bond acceptors (Lipinski definition) is 4. The van der Waals surface area contributed by atoms with Crippen LogP contribution in [-0.2, 0) is 21.2 Å². The van der Waals surface area contributed by atoms with Gasteiger partial charge in [0.2, 0.25) is 15.9 Å². The highest BCUT2D eigenvalue weighted by Crippen LogP contribution is 2.22. The lowest BCUT2D eigenvalue weighted by Gasteiger charge is -2.05. The summed E-state index contributed by atoms with van der Waals surface area (Å²) in [5.41, 5.74) is 0.526. The van der Waals surface area contributed by atoms with E-state index in [1.807, 2.05) is 12.1 Å². The molecule has 8 heteroatoms. The fourth-order valence-corrected chi connectivity index (χ4v) is 3.54. The number of carbonyl (C=O) groups is 1. The molecule has 1 aromatic carbocycles. The van der Waals surface area contributed by atoms with Crippen LogP contribution in [0.5, 0.6) is 0 Å². The van der Waals surface area contributed by atoms with E-state index < -0.39 is 10.0 Å². The van der Waals surface area contributed by atoms with Crippen molar-refractivity contribution in [1.29, 1.82) is 0 Å². The van der Waals surface area contributed by atoms with Gasteiger partial charge >= 0.3 is 0 Å². The van der Waals surface area contributed by atoms with Gasteiger partial charge in [0.1, 0.15) is 0 Å². The quantitative estimate of drug-likeness (QED) is 0.860. The molecule has 20 heavy (non-hydrogen) atoms. The highest BCUT2D eigenvalue weighted by molar-refractivity contribution is 9.11. The minimum absolute atomic E-state index is 0.0117. The van der Waals surface area contributed by atoms with E-state index in [0.29, 0.717) is 5.69 Å². The Morgan fingerprint density at radius 2 is 1.85 bits per heavy atom. The molecule has 0 aliphatic heterocycles. The molecule has 106 valence electrons. The fraction of sp³-hybridized carbons (Fsp3) is 0.0833. The molecule has 0 fully saturated rings. The zero-order valence-electron chi connectivity index (χ0n) is 10.2. The Hall–Kier alpha value is -1.22. The summed E-state index contributed by atoms with van der Waals surface area (Å²) < 4.78 is 23.2. The SMILES string of the molecule is NS(=O)(=O)c1ccc(NC(=O)Cc2ccc(Br)s2)cc1. The summed E-state index contributed by atoms with van der Waals surface area (Å²) in [5.74, 6) is -0.164. The molecule has 2 rings (SSSR count). The van der Waals surface area contributed by atoms with E-state index >= 15 is 0 Å². The Morgan fingerprint density at radius 3 is 2.35 bits per heavy atom.